The standard InChI is InChI=1S/C16H19NO/c1-2-12-6-8-16(18,10-12)15-5-3-4-13-11-17-9-7-14(13)15/h3-5,7,9,11-12,18H,2,6,8,10H2,1H3. The lowest BCUT2D eigenvalue weighted by Gasteiger charge is -2.25. The zero-order valence-electron chi connectivity index (χ0n) is 10.8. The highest BCUT2D eigenvalue weighted by Crippen LogP contribution is 2.45. The summed E-state index contributed by atoms with van der Waals surface area (Å²) in [6.45, 7) is 2.21. The van der Waals surface area contributed by atoms with Crippen LogP contribution in [0.4, 0.5) is 0 Å². The van der Waals surface area contributed by atoms with E-state index in [4.69, 9.17) is 0 Å². The van der Waals surface area contributed by atoms with Crippen LogP contribution in [0, 0.1) is 5.92 Å². The maximum atomic E-state index is 10.9. The molecule has 1 fully saturated rings. The molecular weight excluding hydrogens is 222 g/mol. The topological polar surface area (TPSA) is 33.1 Å². The van der Waals surface area contributed by atoms with Gasteiger partial charge in [-0.1, -0.05) is 31.5 Å². The van der Waals surface area contributed by atoms with Crippen molar-refractivity contribution in [1.29, 1.82) is 0 Å². The molecule has 1 saturated carbocycles. The summed E-state index contributed by atoms with van der Waals surface area (Å²) in [7, 11) is 0. The first-order valence-electron chi connectivity index (χ1n) is 6.78. The van der Waals surface area contributed by atoms with E-state index in [1.54, 1.807) is 6.20 Å². The molecule has 2 unspecified atom stereocenters. The minimum atomic E-state index is -0.637. The first kappa shape index (κ1) is 11.7. The molecule has 1 aromatic carbocycles. The summed E-state index contributed by atoms with van der Waals surface area (Å²) in [4.78, 5) is 4.15. The molecular formula is C16H19NO. The predicted octanol–water partition coefficient (Wildman–Crippen LogP) is 3.63. The number of hydrogen-bond donors (Lipinski definition) is 1. The van der Waals surface area contributed by atoms with E-state index in [1.807, 2.05) is 18.3 Å². The van der Waals surface area contributed by atoms with Crippen LogP contribution < -0.4 is 0 Å². The van der Waals surface area contributed by atoms with Crippen LogP contribution in [0.15, 0.2) is 36.7 Å². The van der Waals surface area contributed by atoms with Crippen molar-refractivity contribution in [3.63, 3.8) is 0 Å². The molecule has 3 rings (SSSR count). The summed E-state index contributed by atoms with van der Waals surface area (Å²) in [6.07, 6.45) is 7.75. The Morgan fingerprint density at radius 3 is 3.06 bits per heavy atom. The fraction of sp³-hybridized carbons (Fsp3) is 0.438. The summed E-state index contributed by atoms with van der Waals surface area (Å²) in [5.74, 6) is 0.659. The number of fused-ring (bicyclic) bond motifs is 1. The van der Waals surface area contributed by atoms with E-state index in [1.165, 1.54) is 0 Å². The quantitative estimate of drug-likeness (QED) is 0.871. The van der Waals surface area contributed by atoms with Crippen molar-refractivity contribution in [3.05, 3.63) is 42.2 Å². The minimum absolute atomic E-state index is 0.637. The van der Waals surface area contributed by atoms with Crippen molar-refractivity contribution in [2.45, 2.75) is 38.2 Å². The number of aliphatic hydroxyl groups is 1. The van der Waals surface area contributed by atoms with Crippen molar-refractivity contribution in [2.24, 2.45) is 5.92 Å². The average Bonchev–Trinajstić information content (AvgIpc) is 2.81. The smallest absolute Gasteiger partial charge is 0.0905 e. The molecule has 1 N–H and O–H groups in total. The molecule has 2 nitrogen and oxygen atoms in total. The number of nitrogens with zero attached hydrogens (tertiary/aromatic N) is 1. The zero-order chi connectivity index (χ0) is 12.6. The Hall–Kier alpha value is -1.41. The lowest BCUT2D eigenvalue weighted by atomic mass is 9.87. The van der Waals surface area contributed by atoms with Crippen LogP contribution in [0.3, 0.4) is 0 Å². The summed E-state index contributed by atoms with van der Waals surface area (Å²) in [5.41, 5.74) is 0.444. The molecule has 1 aliphatic carbocycles. The number of benzene rings is 1. The van der Waals surface area contributed by atoms with E-state index in [9.17, 15) is 5.11 Å². The third-order valence-electron chi connectivity index (χ3n) is 4.35. The van der Waals surface area contributed by atoms with Gasteiger partial charge in [0.25, 0.3) is 0 Å². The van der Waals surface area contributed by atoms with Crippen LogP contribution in [-0.4, -0.2) is 10.1 Å². The number of pyridine rings is 1. The molecule has 1 aliphatic rings. The van der Waals surface area contributed by atoms with Crippen LogP contribution in [0.5, 0.6) is 0 Å². The highest BCUT2D eigenvalue weighted by molar-refractivity contribution is 5.85. The van der Waals surface area contributed by atoms with Gasteiger partial charge in [-0.2, -0.15) is 0 Å². The first-order valence-corrected chi connectivity index (χ1v) is 6.78. The molecule has 0 aliphatic heterocycles. The van der Waals surface area contributed by atoms with Crippen molar-refractivity contribution < 1.29 is 5.11 Å². The van der Waals surface area contributed by atoms with Crippen LogP contribution in [0.1, 0.15) is 38.2 Å². The van der Waals surface area contributed by atoms with Gasteiger partial charge in [0.15, 0.2) is 0 Å². The number of hydrogen-bond acceptors (Lipinski definition) is 2. The number of rotatable bonds is 2. The third-order valence-corrected chi connectivity index (χ3v) is 4.35. The SMILES string of the molecule is CCC1CCC(O)(c2cccc3cnccc23)C1. The lowest BCUT2D eigenvalue weighted by molar-refractivity contribution is 0.0413. The van der Waals surface area contributed by atoms with Crippen molar-refractivity contribution >= 4 is 10.8 Å². The monoisotopic (exact) mass is 241 g/mol. The van der Waals surface area contributed by atoms with E-state index in [2.05, 4.69) is 24.0 Å². The van der Waals surface area contributed by atoms with Crippen molar-refractivity contribution in [2.75, 3.05) is 0 Å². The summed E-state index contributed by atoms with van der Waals surface area (Å²) < 4.78 is 0. The Morgan fingerprint density at radius 2 is 2.28 bits per heavy atom. The maximum absolute atomic E-state index is 10.9. The van der Waals surface area contributed by atoms with Crippen LogP contribution in [-0.2, 0) is 5.60 Å². The second-order valence-corrected chi connectivity index (χ2v) is 5.45. The largest absolute Gasteiger partial charge is 0.385 e. The molecule has 0 spiro atoms. The van der Waals surface area contributed by atoms with Crippen LogP contribution in [0.25, 0.3) is 10.8 Å². The first-order chi connectivity index (χ1) is 8.73. The Labute approximate surface area is 108 Å². The van der Waals surface area contributed by atoms with Crippen molar-refractivity contribution in [3.8, 4) is 0 Å². The van der Waals surface area contributed by atoms with Gasteiger partial charge >= 0.3 is 0 Å². The van der Waals surface area contributed by atoms with Gasteiger partial charge in [0.2, 0.25) is 0 Å². The number of aromatic nitrogens is 1. The molecule has 1 heterocycles. The fourth-order valence-electron chi connectivity index (χ4n) is 3.25. The Morgan fingerprint density at radius 1 is 1.39 bits per heavy atom. The lowest BCUT2D eigenvalue weighted by Crippen LogP contribution is -2.22. The van der Waals surface area contributed by atoms with Gasteiger partial charge in [-0.3, -0.25) is 4.98 Å². The normalized spacial score (nSPS) is 27.8. The maximum Gasteiger partial charge on any atom is 0.0905 e. The molecule has 0 amide bonds. The summed E-state index contributed by atoms with van der Waals surface area (Å²) in [6, 6.07) is 8.17. The van der Waals surface area contributed by atoms with Gasteiger partial charge < -0.3 is 5.11 Å². The third kappa shape index (κ3) is 1.81. The van der Waals surface area contributed by atoms with E-state index in [0.29, 0.717) is 5.92 Å². The van der Waals surface area contributed by atoms with Crippen LogP contribution in [0.2, 0.25) is 0 Å². The Kier molecular flexibility index (Phi) is 2.83. The van der Waals surface area contributed by atoms with Gasteiger partial charge in [-0.05, 0) is 42.2 Å². The zero-order valence-corrected chi connectivity index (χ0v) is 10.8. The second-order valence-electron chi connectivity index (χ2n) is 5.45. The minimum Gasteiger partial charge on any atom is -0.385 e. The van der Waals surface area contributed by atoms with Crippen LogP contribution >= 0.6 is 0 Å². The second kappa shape index (κ2) is 4.36. The van der Waals surface area contributed by atoms with Gasteiger partial charge in [0, 0.05) is 17.8 Å². The van der Waals surface area contributed by atoms with E-state index in [-0.39, 0.29) is 0 Å². The van der Waals surface area contributed by atoms with Gasteiger partial charge in [-0.15, -0.1) is 0 Å². The van der Waals surface area contributed by atoms with Gasteiger partial charge in [0.1, 0.15) is 0 Å². The molecule has 18 heavy (non-hydrogen) atoms. The Balaban J connectivity index is 2.09. The predicted molar refractivity (Wildman–Crippen MR) is 73.3 cm³/mol. The molecule has 0 bridgehead atoms. The molecule has 2 heteroatoms. The van der Waals surface area contributed by atoms with Crippen molar-refractivity contribution in [1.82, 2.24) is 4.98 Å². The molecule has 0 saturated heterocycles. The van der Waals surface area contributed by atoms with E-state index >= 15 is 0 Å². The Bertz CT molecular complexity index is 561. The molecule has 0 radical (unpaired) electrons. The fourth-order valence-corrected chi connectivity index (χ4v) is 3.25. The van der Waals surface area contributed by atoms with Gasteiger partial charge in [0.05, 0.1) is 5.60 Å². The highest BCUT2D eigenvalue weighted by atomic mass is 16.3. The summed E-state index contributed by atoms with van der Waals surface area (Å²) in [5, 5.41) is 13.2. The van der Waals surface area contributed by atoms with E-state index < -0.39 is 5.60 Å². The highest BCUT2D eigenvalue weighted by Gasteiger charge is 2.38. The average molecular weight is 241 g/mol. The summed E-state index contributed by atoms with van der Waals surface area (Å²) >= 11 is 0. The van der Waals surface area contributed by atoms with E-state index in [0.717, 1.165) is 42.0 Å². The molecule has 1 aromatic heterocycles. The molecule has 2 atom stereocenters. The molecule has 94 valence electrons. The van der Waals surface area contributed by atoms with Gasteiger partial charge in [-0.25, -0.2) is 0 Å². The molecule has 2 aromatic rings.